The third-order valence-electron chi connectivity index (χ3n) is 5.32. The first kappa shape index (κ1) is 22.1. The fraction of sp³-hybridized carbons (Fsp3) is 0.435. The van der Waals surface area contributed by atoms with Crippen molar-refractivity contribution in [3.63, 3.8) is 0 Å². The Bertz CT molecular complexity index is 822. The van der Waals surface area contributed by atoms with Gasteiger partial charge in [0.05, 0.1) is 26.4 Å². The Morgan fingerprint density at radius 3 is 2.60 bits per heavy atom. The van der Waals surface area contributed by atoms with Gasteiger partial charge in [0.2, 0.25) is 0 Å². The van der Waals surface area contributed by atoms with Crippen LogP contribution in [0.2, 0.25) is 0 Å². The highest BCUT2D eigenvalue weighted by Crippen LogP contribution is 2.23. The van der Waals surface area contributed by atoms with Gasteiger partial charge in [-0.3, -0.25) is 9.89 Å². The average molecular weight is 415 g/mol. The second-order valence-electron chi connectivity index (χ2n) is 7.35. The molecule has 0 saturated carbocycles. The van der Waals surface area contributed by atoms with Crippen LogP contribution in [-0.2, 0) is 11.3 Å². The molecule has 1 saturated heterocycles. The lowest BCUT2D eigenvalue weighted by Crippen LogP contribution is -2.46. The number of hydrogen-bond acceptors (Lipinski definition) is 4. The van der Waals surface area contributed by atoms with Crippen molar-refractivity contribution in [2.24, 2.45) is 4.99 Å². The number of halogens is 1. The molecular weight excluding hydrogens is 383 g/mol. The average Bonchev–Trinajstić information content (AvgIpc) is 2.77. The van der Waals surface area contributed by atoms with Crippen LogP contribution in [0, 0.1) is 5.82 Å². The molecule has 1 fully saturated rings. The molecule has 1 aliphatic rings. The molecule has 1 N–H and O–H groups in total. The molecule has 7 heteroatoms. The zero-order valence-electron chi connectivity index (χ0n) is 18.0. The predicted molar refractivity (Wildman–Crippen MR) is 117 cm³/mol. The fourth-order valence-corrected chi connectivity index (χ4v) is 3.73. The quantitative estimate of drug-likeness (QED) is 0.558. The van der Waals surface area contributed by atoms with Crippen molar-refractivity contribution in [2.75, 3.05) is 54.1 Å². The Balaban J connectivity index is 1.69. The molecule has 0 amide bonds. The van der Waals surface area contributed by atoms with Crippen LogP contribution >= 0.6 is 0 Å². The fourth-order valence-electron chi connectivity index (χ4n) is 3.73. The van der Waals surface area contributed by atoms with Crippen molar-refractivity contribution in [1.29, 1.82) is 0 Å². The normalized spacial score (nSPS) is 16.2. The van der Waals surface area contributed by atoms with Crippen LogP contribution in [0.4, 0.5) is 4.39 Å². The molecule has 0 aliphatic carbocycles. The number of hydrogen-bond donors (Lipinski definition) is 1. The molecule has 2 aromatic rings. The molecule has 1 aliphatic heterocycles. The summed E-state index contributed by atoms with van der Waals surface area (Å²) in [6.07, 6.45) is 0. The number of morpholine rings is 1. The standard InChI is InChI=1S/C23H31FN4O2/c1-25-23(27(2)17-18-5-4-6-20(24)15-18)26-16-22(28-11-13-30-14-12-28)19-7-9-21(29-3)10-8-19/h4-10,15,22H,11-14,16-17H2,1-3H3,(H,25,26). The van der Waals surface area contributed by atoms with Gasteiger partial charge in [-0.15, -0.1) is 0 Å². The predicted octanol–water partition coefficient (Wildman–Crippen LogP) is 2.92. The van der Waals surface area contributed by atoms with E-state index in [0.29, 0.717) is 13.1 Å². The monoisotopic (exact) mass is 414 g/mol. The van der Waals surface area contributed by atoms with Crippen LogP contribution in [0.25, 0.3) is 0 Å². The summed E-state index contributed by atoms with van der Waals surface area (Å²) in [4.78, 5) is 8.85. The largest absolute Gasteiger partial charge is 0.497 e. The molecule has 0 aromatic heterocycles. The minimum absolute atomic E-state index is 0.180. The molecule has 1 atom stereocenters. The maximum absolute atomic E-state index is 13.5. The lowest BCUT2D eigenvalue weighted by atomic mass is 10.0. The second kappa shape index (κ2) is 10.9. The van der Waals surface area contributed by atoms with E-state index in [2.05, 4.69) is 27.3 Å². The summed E-state index contributed by atoms with van der Waals surface area (Å²) < 4.78 is 24.4. The van der Waals surface area contributed by atoms with E-state index in [9.17, 15) is 4.39 Å². The van der Waals surface area contributed by atoms with Gasteiger partial charge in [-0.1, -0.05) is 24.3 Å². The number of guanidine groups is 1. The van der Waals surface area contributed by atoms with Gasteiger partial charge in [0.1, 0.15) is 11.6 Å². The molecular formula is C23H31FN4O2. The Hall–Kier alpha value is -2.64. The summed E-state index contributed by atoms with van der Waals surface area (Å²) in [6.45, 7) is 4.52. The van der Waals surface area contributed by atoms with E-state index in [0.717, 1.165) is 43.6 Å². The topological polar surface area (TPSA) is 49.3 Å². The summed E-state index contributed by atoms with van der Waals surface area (Å²) in [5.74, 6) is 1.39. The molecule has 0 spiro atoms. The summed E-state index contributed by atoms with van der Waals surface area (Å²) >= 11 is 0. The van der Waals surface area contributed by atoms with Gasteiger partial charge in [0.15, 0.2) is 5.96 Å². The molecule has 0 bridgehead atoms. The number of aliphatic imine (C=N–C) groups is 1. The lowest BCUT2D eigenvalue weighted by molar-refractivity contribution is 0.0169. The Morgan fingerprint density at radius 1 is 1.23 bits per heavy atom. The van der Waals surface area contributed by atoms with Crippen molar-refractivity contribution in [2.45, 2.75) is 12.6 Å². The molecule has 0 radical (unpaired) electrons. The summed E-state index contributed by atoms with van der Waals surface area (Å²) in [7, 11) is 5.40. The molecule has 162 valence electrons. The number of nitrogens with zero attached hydrogens (tertiary/aromatic N) is 3. The highest BCUT2D eigenvalue weighted by molar-refractivity contribution is 5.79. The van der Waals surface area contributed by atoms with Gasteiger partial charge in [-0.2, -0.15) is 0 Å². The van der Waals surface area contributed by atoms with E-state index in [-0.39, 0.29) is 11.9 Å². The van der Waals surface area contributed by atoms with Gasteiger partial charge in [-0.05, 0) is 35.4 Å². The number of ether oxygens (including phenoxy) is 2. The molecule has 30 heavy (non-hydrogen) atoms. The molecule has 2 aromatic carbocycles. The van der Waals surface area contributed by atoms with E-state index >= 15 is 0 Å². The minimum atomic E-state index is -0.226. The van der Waals surface area contributed by atoms with Gasteiger partial charge in [0.25, 0.3) is 0 Å². The van der Waals surface area contributed by atoms with Crippen LogP contribution in [0.15, 0.2) is 53.5 Å². The van der Waals surface area contributed by atoms with Crippen molar-refractivity contribution in [1.82, 2.24) is 15.1 Å². The third-order valence-corrected chi connectivity index (χ3v) is 5.32. The highest BCUT2D eigenvalue weighted by Gasteiger charge is 2.23. The second-order valence-corrected chi connectivity index (χ2v) is 7.35. The summed E-state index contributed by atoms with van der Waals surface area (Å²) in [6, 6.07) is 15.0. The van der Waals surface area contributed by atoms with E-state index in [1.807, 2.05) is 30.1 Å². The maximum Gasteiger partial charge on any atom is 0.193 e. The van der Waals surface area contributed by atoms with E-state index < -0.39 is 0 Å². The molecule has 1 heterocycles. The van der Waals surface area contributed by atoms with E-state index in [1.54, 1.807) is 26.3 Å². The van der Waals surface area contributed by atoms with Gasteiger partial charge >= 0.3 is 0 Å². The highest BCUT2D eigenvalue weighted by atomic mass is 19.1. The number of methoxy groups -OCH3 is 1. The van der Waals surface area contributed by atoms with Crippen LogP contribution in [0.5, 0.6) is 5.75 Å². The molecule has 6 nitrogen and oxygen atoms in total. The maximum atomic E-state index is 13.5. The Labute approximate surface area is 178 Å². The number of nitrogens with one attached hydrogen (secondary N) is 1. The zero-order chi connectivity index (χ0) is 21.3. The van der Waals surface area contributed by atoms with Crippen molar-refractivity contribution < 1.29 is 13.9 Å². The first-order valence-electron chi connectivity index (χ1n) is 10.2. The van der Waals surface area contributed by atoms with Crippen molar-refractivity contribution >= 4 is 5.96 Å². The number of rotatable bonds is 7. The first-order chi connectivity index (χ1) is 14.6. The van der Waals surface area contributed by atoms with E-state index in [1.165, 1.54) is 11.6 Å². The number of benzene rings is 2. The SMILES string of the molecule is CN=C(NCC(c1ccc(OC)cc1)N1CCOCC1)N(C)Cc1cccc(F)c1. The van der Waals surface area contributed by atoms with Crippen LogP contribution in [0.3, 0.4) is 0 Å². The van der Waals surface area contributed by atoms with Crippen molar-refractivity contribution in [3.8, 4) is 5.75 Å². The first-order valence-corrected chi connectivity index (χ1v) is 10.2. The third kappa shape index (κ3) is 5.93. The summed E-state index contributed by atoms with van der Waals surface area (Å²) in [5, 5.41) is 3.50. The van der Waals surface area contributed by atoms with Gasteiger partial charge in [-0.25, -0.2) is 4.39 Å². The molecule has 1 unspecified atom stereocenters. The minimum Gasteiger partial charge on any atom is -0.497 e. The van der Waals surface area contributed by atoms with Crippen LogP contribution in [0.1, 0.15) is 17.2 Å². The van der Waals surface area contributed by atoms with E-state index in [4.69, 9.17) is 9.47 Å². The van der Waals surface area contributed by atoms with Gasteiger partial charge in [0, 0.05) is 40.3 Å². The summed E-state index contributed by atoms with van der Waals surface area (Å²) in [5.41, 5.74) is 2.12. The van der Waals surface area contributed by atoms with Crippen LogP contribution < -0.4 is 10.1 Å². The zero-order valence-corrected chi connectivity index (χ0v) is 18.0. The Kier molecular flexibility index (Phi) is 8.04. The Morgan fingerprint density at radius 2 is 1.97 bits per heavy atom. The lowest BCUT2D eigenvalue weighted by Gasteiger charge is -2.35. The van der Waals surface area contributed by atoms with Crippen LogP contribution in [-0.4, -0.2) is 69.8 Å². The van der Waals surface area contributed by atoms with Gasteiger partial charge < -0.3 is 19.7 Å². The smallest absolute Gasteiger partial charge is 0.193 e. The molecule has 3 rings (SSSR count). The van der Waals surface area contributed by atoms with Crippen molar-refractivity contribution in [3.05, 3.63) is 65.5 Å².